The number of aliphatic carboxylic acids is 1. The molecule has 1 aromatic heterocycles. The van der Waals surface area contributed by atoms with E-state index in [1.165, 1.54) is 36.0 Å². The molecule has 0 radical (unpaired) electrons. The van der Waals surface area contributed by atoms with Crippen LogP contribution in [0.4, 0.5) is 0 Å². The van der Waals surface area contributed by atoms with Crippen LogP contribution in [0.5, 0.6) is 5.75 Å². The van der Waals surface area contributed by atoms with Gasteiger partial charge in [0.1, 0.15) is 17.3 Å². The Hall–Kier alpha value is -2.64. The molecule has 0 spiro atoms. The maximum Gasteiger partial charge on any atom is 0.326 e. The SMILES string of the molecule is COc1cccc2sc(=NC(=O)c3cccc(Cl)c3)n(C(C)C(=O)O)c12. The summed E-state index contributed by atoms with van der Waals surface area (Å²) < 4.78 is 7.64. The minimum absolute atomic E-state index is 0.282. The number of thiazole rings is 1. The van der Waals surface area contributed by atoms with E-state index >= 15 is 0 Å². The van der Waals surface area contributed by atoms with Gasteiger partial charge in [0.25, 0.3) is 5.91 Å². The van der Waals surface area contributed by atoms with Crippen LogP contribution in [0.2, 0.25) is 5.02 Å². The Balaban J connectivity index is 2.26. The smallest absolute Gasteiger partial charge is 0.326 e. The number of hydrogen-bond acceptors (Lipinski definition) is 4. The first-order valence-electron chi connectivity index (χ1n) is 7.68. The average Bonchev–Trinajstić information content (AvgIpc) is 2.98. The van der Waals surface area contributed by atoms with Crippen molar-refractivity contribution < 1.29 is 19.4 Å². The first-order valence-corrected chi connectivity index (χ1v) is 8.87. The van der Waals surface area contributed by atoms with E-state index in [0.29, 0.717) is 21.9 Å². The number of carbonyl (C=O) groups is 2. The number of rotatable bonds is 4. The molecular formula is C18H15ClN2O4S. The van der Waals surface area contributed by atoms with Gasteiger partial charge in [0.05, 0.1) is 11.8 Å². The summed E-state index contributed by atoms with van der Waals surface area (Å²) in [5.41, 5.74) is 0.920. The number of benzene rings is 2. The highest BCUT2D eigenvalue weighted by Crippen LogP contribution is 2.29. The summed E-state index contributed by atoms with van der Waals surface area (Å²) in [6.07, 6.45) is 0. The van der Waals surface area contributed by atoms with E-state index in [2.05, 4.69) is 4.99 Å². The van der Waals surface area contributed by atoms with Crippen LogP contribution >= 0.6 is 22.9 Å². The Morgan fingerprint density at radius 1 is 1.27 bits per heavy atom. The molecule has 0 aliphatic rings. The number of carboxylic acid groups (broad SMARTS) is 1. The second-order valence-electron chi connectivity index (χ2n) is 5.50. The van der Waals surface area contributed by atoms with Gasteiger partial charge in [-0.25, -0.2) is 4.79 Å². The van der Waals surface area contributed by atoms with Gasteiger partial charge in [0, 0.05) is 10.6 Å². The van der Waals surface area contributed by atoms with Crippen molar-refractivity contribution in [3.63, 3.8) is 0 Å². The number of amides is 1. The predicted octanol–water partition coefficient (Wildman–Crippen LogP) is 3.75. The molecular weight excluding hydrogens is 376 g/mol. The van der Waals surface area contributed by atoms with E-state index < -0.39 is 17.9 Å². The zero-order chi connectivity index (χ0) is 18.8. The van der Waals surface area contributed by atoms with E-state index in [4.69, 9.17) is 16.3 Å². The molecule has 6 nitrogen and oxygen atoms in total. The van der Waals surface area contributed by atoms with E-state index in [1.54, 1.807) is 30.3 Å². The number of carbonyl (C=O) groups excluding carboxylic acids is 1. The van der Waals surface area contributed by atoms with Gasteiger partial charge in [-0.15, -0.1) is 0 Å². The maximum absolute atomic E-state index is 12.5. The topological polar surface area (TPSA) is 80.9 Å². The van der Waals surface area contributed by atoms with Gasteiger partial charge < -0.3 is 9.84 Å². The number of aromatic nitrogens is 1. The minimum Gasteiger partial charge on any atom is -0.495 e. The molecule has 0 aliphatic carbocycles. The molecule has 1 unspecified atom stereocenters. The first-order chi connectivity index (χ1) is 12.4. The normalized spacial score (nSPS) is 13.0. The number of hydrogen-bond donors (Lipinski definition) is 1. The molecule has 3 rings (SSSR count). The fraction of sp³-hybridized carbons (Fsp3) is 0.167. The summed E-state index contributed by atoms with van der Waals surface area (Å²) in [6, 6.07) is 10.9. The lowest BCUT2D eigenvalue weighted by Crippen LogP contribution is -2.25. The van der Waals surface area contributed by atoms with Gasteiger partial charge in [-0.1, -0.05) is 35.1 Å². The number of fused-ring (bicyclic) bond motifs is 1. The van der Waals surface area contributed by atoms with Crippen molar-refractivity contribution in [3.05, 3.63) is 57.9 Å². The summed E-state index contributed by atoms with van der Waals surface area (Å²) in [6.45, 7) is 1.53. The summed E-state index contributed by atoms with van der Waals surface area (Å²) in [4.78, 5) is 28.6. The van der Waals surface area contributed by atoms with E-state index in [9.17, 15) is 14.7 Å². The van der Waals surface area contributed by atoms with Crippen LogP contribution < -0.4 is 9.54 Å². The minimum atomic E-state index is -1.03. The first kappa shape index (κ1) is 18.2. The van der Waals surface area contributed by atoms with Gasteiger partial charge in [0.2, 0.25) is 0 Å². The van der Waals surface area contributed by atoms with E-state index in [-0.39, 0.29) is 4.80 Å². The standard InChI is InChI=1S/C18H15ClN2O4S/c1-10(17(23)24)21-15-13(25-2)7-4-8-14(15)26-18(21)20-16(22)11-5-3-6-12(19)9-11/h3-10H,1-2H3,(H,23,24). The molecule has 1 atom stereocenters. The van der Waals surface area contributed by atoms with Gasteiger partial charge in [-0.3, -0.25) is 9.36 Å². The molecule has 0 saturated carbocycles. The third-order valence-electron chi connectivity index (χ3n) is 3.84. The molecule has 0 bridgehead atoms. The van der Waals surface area contributed by atoms with Crippen LogP contribution in [0.1, 0.15) is 23.3 Å². The van der Waals surface area contributed by atoms with Crippen molar-refractivity contribution in [1.29, 1.82) is 0 Å². The summed E-state index contributed by atoms with van der Waals surface area (Å²) in [7, 11) is 1.51. The maximum atomic E-state index is 12.5. The lowest BCUT2D eigenvalue weighted by atomic mass is 10.2. The number of halogens is 1. The number of ether oxygens (including phenoxy) is 1. The molecule has 8 heteroatoms. The number of para-hydroxylation sites is 1. The van der Waals surface area contributed by atoms with Gasteiger partial charge in [-0.05, 0) is 37.3 Å². The lowest BCUT2D eigenvalue weighted by molar-refractivity contribution is -0.140. The van der Waals surface area contributed by atoms with Crippen LogP contribution in [0.25, 0.3) is 10.2 Å². The Kier molecular flexibility index (Phi) is 5.11. The highest BCUT2D eigenvalue weighted by molar-refractivity contribution is 7.16. The van der Waals surface area contributed by atoms with Crippen LogP contribution in [0, 0.1) is 0 Å². The Bertz CT molecular complexity index is 1070. The van der Waals surface area contributed by atoms with Gasteiger partial charge >= 0.3 is 5.97 Å². The Labute approximate surface area is 157 Å². The predicted molar refractivity (Wildman–Crippen MR) is 100 cm³/mol. The van der Waals surface area contributed by atoms with Crippen molar-refractivity contribution in [2.24, 2.45) is 4.99 Å². The second-order valence-corrected chi connectivity index (χ2v) is 6.95. The zero-order valence-electron chi connectivity index (χ0n) is 14.0. The molecule has 0 aliphatic heterocycles. The molecule has 1 heterocycles. The van der Waals surface area contributed by atoms with Gasteiger partial charge in [-0.2, -0.15) is 4.99 Å². The van der Waals surface area contributed by atoms with Crippen molar-refractivity contribution >= 4 is 45.0 Å². The monoisotopic (exact) mass is 390 g/mol. The number of nitrogens with zero attached hydrogens (tertiary/aromatic N) is 2. The summed E-state index contributed by atoms with van der Waals surface area (Å²) in [5.74, 6) is -1.01. The molecule has 1 N–H and O–H groups in total. The fourth-order valence-electron chi connectivity index (χ4n) is 2.55. The molecule has 3 aromatic rings. The van der Waals surface area contributed by atoms with Crippen molar-refractivity contribution in [2.45, 2.75) is 13.0 Å². The molecule has 2 aromatic carbocycles. The molecule has 0 fully saturated rings. The van der Waals surface area contributed by atoms with Crippen molar-refractivity contribution in [3.8, 4) is 5.75 Å². The summed E-state index contributed by atoms with van der Waals surface area (Å²) >= 11 is 7.15. The van der Waals surface area contributed by atoms with Crippen molar-refractivity contribution in [2.75, 3.05) is 7.11 Å². The van der Waals surface area contributed by atoms with Crippen LogP contribution in [0.3, 0.4) is 0 Å². The fourth-order valence-corrected chi connectivity index (χ4v) is 3.85. The highest BCUT2D eigenvalue weighted by Gasteiger charge is 2.21. The molecule has 0 saturated heterocycles. The molecule has 1 amide bonds. The van der Waals surface area contributed by atoms with Crippen LogP contribution in [0.15, 0.2) is 47.5 Å². The highest BCUT2D eigenvalue weighted by atomic mass is 35.5. The van der Waals surface area contributed by atoms with Crippen LogP contribution in [-0.4, -0.2) is 28.7 Å². The second kappa shape index (κ2) is 7.31. The molecule has 26 heavy (non-hydrogen) atoms. The van der Waals surface area contributed by atoms with Crippen molar-refractivity contribution in [1.82, 2.24) is 4.57 Å². The summed E-state index contributed by atoms with van der Waals surface area (Å²) in [5, 5.41) is 9.91. The zero-order valence-corrected chi connectivity index (χ0v) is 15.5. The number of carboxylic acids is 1. The third kappa shape index (κ3) is 3.36. The number of methoxy groups -OCH3 is 1. The Morgan fingerprint density at radius 2 is 2.00 bits per heavy atom. The van der Waals surface area contributed by atoms with Crippen LogP contribution in [-0.2, 0) is 4.79 Å². The lowest BCUT2D eigenvalue weighted by Gasteiger charge is -2.12. The average molecular weight is 391 g/mol. The van der Waals surface area contributed by atoms with E-state index in [0.717, 1.165) is 4.70 Å². The molecule has 134 valence electrons. The quantitative estimate of drug-likeness (QED) is 0.735. The largest absolute Gasteiger partial charge is 0.495 e. The van der Waals surface area contributed by atoms with E-state index in [1.807, 2.05) is 6.07 Å². The van der Waals surface area contributed by atoms with Gasteiger partial charge in [0.15, 0.2) is 4.80 Å². The third-order valence-corrected chi connectivity index (χ3v) is 5.10. The Morgan fingerprint density at radius 3 is 2.65 bits per heavy atom.